The first-order valence-electron chi connectivity index (χ1n) is 7.41. The summed E-state index contributed by atoms with van der Waals surface area (Å²) in [5, 5.41) is 2.33. The van der Waals surface area contributed by atoms with E-state index in [-0.39, 0.29) is 5.56 Å². The molecule has 1 aromatic carbocycles. The molecule has 1 fully saturated rings. The Morgan fingerprint density at radius 3 is 2.45 bits per heavy atom. The molecule has 0 radical (unpaired) electrons. The van der Waals surface area contributed by atoms with Gasteiger partial charge in [0.1, 0.15) is 0 Å². The topological polar surface area (TPSA) is 61.6 Å². The molecule has 2 rings (SSSR count). The van der Waals surface area contributed by atoms with Gasteiger partial charge >= 0.3 is 6.03 Å². The number of nitrogens with two attached hydrogens (primary N) is 1. The Hall–Kier alpha value is -1.73. The van der Waals surface area contributed by atoms with Crippen LogP contribution in [0.2, 0.25) is 0 Å². The minimum Gasteiger partial charge on any atom is -0.351 e. The highest BCUT2D eigenvalue weighted by Crippen LogP contribution is 2.27. The van der Waals surface area contributed by atoms with E-state index in [1.807, 2.05) is 0 Å². The molecule has 3 N–H and O–H groups in total. The number of carbonyl (C=O) groups is 1. The standard InChI is InChI=1S/C15H22F2N4O/c1-2-20-5-7-21(8-6-20)10-11-3-4-12(19-15(18)22)9-13(11)14(16)17/h3-4,9,14H,2,5-8,10H2,1H3,(H3,18,19,22). The minimum atomic E-state index is -2.58. The maximum Gasteiger partial charge on any atom is 0.316 e. The molecular formula is C15H22F2N4O. The molecule has 1 aliphatic heterocycles. The molecular weight excluding hydrogens is 290 g/mol. The van der Waals surface area contributed by atoms with Gasteiger partial charge in [-0.15, -0.1) is 0 Å². The van der Waals surface area contributed by atoms with Crippen molar-refractivity contribution in [2.24, 2.45) is 5.73 Å². The van der Waals surface area contributed by atoms with E-state index in [9.17, 15) is 13.6 Å². The van der Waals surface area contributed by atoms with Crippen LogP contribution in [0, 0.1) is 0 Å². The highest BCUT2D eigenvalue weighted by molar-refractivity contribution is 5.87. The van der Waals surface area contributed by atoms with E-state index in [4.69, 9.17) is 5.73 Å². The number of anilines is 1. The number of piperazine rings is 1. The lowest BCUT2D eigenvalue weighted by atomic mass is 10.1. The van der Waals surface area contributed by atoms with Gasteiger partial charge in [0, 0.05) is 44.0 Å². The van der Waals surface area contributed by atoms with Gasteiger partial charge in [-0.3, -0.25) is 4.90 Å². The number of alkyl halides is 2. The lowest BCUT2D eigenvalue weighted by molar-refractivity contribution is 0.126. The number of rotatable bonds is 5. The second-order valence-electron chi connectivity index (χ2n) is 5.41. The Balaban J connectivity index is 2.08. The van der Waals surface area contributed by atoms with E-state index in [1.54, 1.807) is 12.1 Å². The number of likely N-dealkylation sites (N-methyl/N-ethyl adjacent to an activating group) is 1. The summed E-state index contributed by atoms with van der Waals surface area (Å²) in [6.45, 7) is 7.30. The average molecular weight is 312 g/mol. The summed E-state index contributed by atoms with van der Waals surface area (Å²) in [6, 6.07) is 3.78. The number of urea groups is 1. The quantitative estimate of drug-likeness (QED) is 0.876. The summed E-state index contributed by atoms with van der Waals surface area (Å²) >= 11 is 0. The predicted molar refractivity (Wildman–Crippen MR) is 82.0 cm³/mol. The zero-order chi connectivity index (χ0) is 16.1. The highest BCUT2D eigenvalue weighted by atomic mass is 19.3. The fourth-order valence-corrected chi connectivity index (χ4v) is 2.67. The number of hydrogen-bond acceptors (Lipinski definition) is 3. The van der Waals surface area contributed by atoms with Crippen LogP contribution in [0.25, 0.3) is 0 Å². The molecule has 0 atom stereocenters. The van der Waals surface area contributed by atoms with Crippen LogP contribution in [0.1, 0.15) is 24.5 Å². The number of hydrogen-bond donors (Lipinski definition) is 2. The van der Waals surface area contributed by atoms with E-state index in [0.29, 0.717) is 17.8 Å². The molecule has 7 heteroatoms. The first-order valence-corrected chi connectivity index (χ1v) is 7.41. The lowest BCUT2D eigenvalue weighted by Crippen LogP contribution is -2.45. The van der Waals surface area contributed by atoms with Gasteiger partial charge in [0.2, 0.25) is 0 Å². The lowest BCUT2D eigenvalue weighted by Gasteiger charge is -2.34. The monoisotopic (exact) mass is 312 g/mol. The molecule has 1 aliphatic rings. The van der Waals surface area contributed by atoms with Crippen molar-refractivity contribution >= 4 is 11.7 Å². The molecule has 0 aliphatic carbocycles. The average Bonchev–Trinajstić information content (AvgIpc) is 2.49. The number of carbonyl (C=O) groups excluding carboxylic acids is 1. The third-order valence-corrected chi connectivity index (χ3v) is 3.95. The van der Waals surface area contributed by atoms with Crippen LogP contribution in [0.5, 0.6) is 0 Å². The van der Waals surface area contributed by atoms with Crippen LogP contribution < -0.4 is 11.1 Å². The Labute approximate surface area is 129 Å². The Morgan fingerprint density at radius 2 is 1.91 bits per heavy atom. The molecule has 0 spiro atoms. The largest absolute Gasteiger partial charge is 0.351 e. The number of primary amides is 1. The number of amides is 2. The van der Waals surface area contributed by atoms with Gasteiger partial charge in [-0.05, 0) is 24.2 Å². The number of nitrogens with one attached hydrogen (secondary N) is 1. The van der Waals surface area contributed by atoms with Crippen molar-refractivity contribution in [2.45, 2.75) is 19.9 Å². The van der Waals surface area contributed by atoms with Crippen LogP contribution in [-0.2, 0) is 6.54 Å². The highest BCUT2D eigenvalue weighted by Gasteiger charge is 2.19. The van der Waals surface area contributed by atoms with Crippen LogP contribution >= 0.6 is 0 Å². The van der Waals surface area contributed by atoms with Crippen LogP contribution in [-0.4, -0.2) is 48.6 Å². The molecule has 0 saturated carbocycles. The molecule has 1 aromatic rings. The Kier molecular flexibility index (Phi) is 5.68. The van der Waals surface area contributed by atoms with Crippen molar-refractivity contribution in [1.82, 2.24) is 9.80 Å². The summed E-state index contributed by atoms with van der Waals surface area (Å²) < 4.78 is 26.5. The molecule has 122 valence electrons. The first kappa shape index (κ1) is 16.6. The normalized spacial score (nSPS) is 16.9. The van der Waals surface area contributed by atoms with Gasteiger partial charge in [0.05, 0.1) is 0 Å². The van der Waals surface area contributed by atoms with E-state index in [2.05, 4.69) is 22.0 Å². The fourth-order valence-electron chi connectivity index (χ4n) is 2.67. The van der Waals surface area contributed by atoms with Gasteiger partial charge in [0.25, 0.3) is 6.43 Å². The van der Waals surface area contributed by atoms with Gasteiger partial charge in [0.15, 0.2) is 0 Å². The predicted octanol–water partition coefficient (Wildman–Crippen LogP) is 2.25. The summed E-state index contributed by atoms with van der Waals surface area (Å²) in [6.07, 6.45) is -2.58. The fraction of sp³-hybridized carbons (Fsp3) is 0.533. The van der Waals surface area contributed by atoms with Crippen molar-refractivity contribution in [1.29, 1.82) is 0 Å². The zero-order valence-corrected chi connectivity index (χ0v) is 12.7. The zero-order valence-electron chi connectivity index (χ0n) is 12.7. The van der Waals surface area contributed by atoms with E-state index >= 15 is 0 Å². The van der Waals surface area contributed by atoms with Crippen molar-refractivity contribution in [3.8, 4) is 0 Å². The number of halogens is 2. The van der Waals surface area contributed by atoms with Crippen LogP contribution in [0.4, 0.5) is 19.3 Å². The first-order chi connectivity index (χ1) is 10.5. The molecule has 1 saturated heterocycles. The summed E-state index contributed by atoms with van der Waals surface area (Å²) in [4.78, 5) is 15.3. The van der Waals surface area contributed by atoms with Crippen molar-refractivity contribution in [3.05, 3.63) is 29.3 Å². The van der Waals surface area contributed by atoms with Crippen molar-refractivity contribution in [3.63, 3.8) is 0 Å². The van der Waals surface area contributed by atoms with Gasteiger partial charge in [-0.1, -0.05) is 13.0 Å². The van der Waals surface area contributed by atoms with E-state index in [0.717, 1.165) is 32.7 Å². The maximum atomic E-state index is 13.2. The summed E-state index contributed by atoms with van der Waals surface area (Å²) in [5.41, 5.74) is 5.85. The third-order valence-electron chi connectivity index (χ3n) is 3.95. The van der Waals surface area contributed by atoms with E-state index in [1.165, 1.54) is 6.07 Å². The molecule has 5 nitrogen and oxygen atoms in total. The summed E-state index contributed by atoms with van der Waals surface area (Å²) in [7, 11) is 0. The Bertz CT molecular complexity index is 516. The van der Waals surface area contributed by atoms with Crippen LogP contribution in [0.3, 0.4) is 0 Å². The molecule has 22 heavy (non-hydrogen) atoms. The Morgan fingerprint density at radius 1 is 1.27 bits per heavy atom. The van der Waals surface area contributed by atoms with Gasteiger partial charge < -0.3 is 16.0 Å². The number of nitrogens with zero attached hydrogens (tertiary/aromatic N) is 2. The smallest absolute Gasteiger partial charge is 0.316 e. The third kappa shape index (κ3) is 4.38. The molecule has 0 aromatic heterocycles. The van der Waals surface area contributed by atoms with E-state index < -0.39 is 12.5 Å². The minimum absolute atomic E-state index is 0.0517. The van der Waals surface area contributed by atoms with Crippen LogP contribution in [0.15, 0.2) is 18.2 Å². The second-order valence-corrected chi connectivity index (χ2v) is 5.41. The number of benzene rings is 1. The molecule has 2 amide bonds. The molecule has 0 bridgehead atoms. The van der Waals surface area contributed by atoms with Crippen molar-refractivity contribution in [2.75, 3.05) is 38.0 Å². The maximum absolute atomic E-state index is 13.2. The SMILES string of the molecule is CCN1CCN(Cc2ccc(NC(N)=O)cc2C(F)F)CC1. The van der Waals surface area contributed by atoms with Gasteiger partial charge in [-0.25, -0.2) is 13.6 Å². The second kappa shape index (κ2) is 7.51. The molecule has 1 heterocycles. The molecule has 0 unspecified atom stereocenters. The van der Waals surface area contributed by atoms with Crippen molar-refractivity contribution < 1.29 is 13.6 Å². The van der Waals surface area contributed by atoms with Gasteiger partial charge in [-0.2, -0.15) is 0 Å². The summed E-state index contributed by atoms with van der Waals surface area (Å²) in [5.74, 6) is 0.